The summed E-state index contributed by atoms with van der Waals surface area (Å²) in [6.45, 7) is 2.41. The molecule has 0 N–H and O–H groups in total. The van der Waals surface area contributed by atoms with Gasteiger partial charge in [-0.2, -0.15) is 0 Å². The Balaban J connectivity index is 2.11. The number of nitrogens with zero attached hydrogens (tertiary/aromatic N) is 1. The van der Waals surface area contributed by atoms with Crippen molar-refractivity contribution in [2.24, 2.45) is 5.92 Å². The summed E-state index contributed by atoms with van der Waals surface area (Å²) in [5, 5.41) is 0. The van der Waals surface area contributed by atoms with Gasteiger partial charge >= 0.3 is 5.97 Å². The number of benzene rings is 1. The first-order valence-corrected chi connectivity index (χ1v) is 6.95. The van der Waals surface area contributed by atoms with Gasteiger partial charge in [0.1, 0.15) is 0 Å². The highest BCUT2D eigenvalue weighted by molar-refractivity contribution is 9.10. The van der Waals surface area contributed by atoms with Crippen molar-refractivity contribution in [2.75, 3.05) is 13.7 Å². The van der Waals surface area contributed by atoms with E-state index in [0.29, 0.717) is 6.54 Å². The summed E-state index contributed by atoms with van der Waals surface area (Å²) >= 11 is 3.39. The molecule has 102 valence electrons. The average molecular weight is 326 g/mol. The maximum absolute atomic E-state index is 12.0. The fourth-order valence-electron chi connectivity index (χ4n) is 2.35. The zero-order valence-corrected chi connectivity index (χ0v) is 12.5. The van der Waals surface area contributed by atoms with Crippen LogP contribution in [-0.2, 0) is 14.3 Å². The van der Waals surface area contributed by atoms with Crippen molar-refractivity contribution in [3.05, 3.63) is 34.3 Å². The molecule has 0 saturated carbocycles. The first-order chi connectivity index (χ1) is 9.02. The fourth-order valence-corrected chi connectivity index (χ4v) is 2.62. The molecule has 2 atom stereocenters. The number of likely N-dealkylation sites (tertiary alicyclic amines) is 1. The van der Waals surface area contributed by atoms with Gasteiger partial charge < -0.3 is 9.64 Å². The van der Waals surface area contributed by atoms with Gasteiger partial charge in [0.05, 0.1) is 19.1 Å². The number of hydrogen-bond donors (Lipinski definition) is 0. The van der Waals surface area contributed by atoms with E-state index in [4.69, 9.17) is 4.74 Å². The van der Waals surface area contributed by atoms with Gasteiger partial charge in [0.25, 0.3) is 0 Å². The fraction of sp³-hybridized carbons (Fsp3) is 0.429. The molecule has 0 bridgehead atoms. The number of ether oxygens (including phenoxy) is 1. The van der Waals surface area contributed by atoms with Gasteiger partial charge in [-0.05, 0) is 24.6 Å². The van der Waals surface area contributed by atoms with Crippen LogP contribution in [0.1, 0.15) is 24.9 Å². The molecule has 1 aliphatic heterocycles. The minimum Gasteiger partial charge on any atom is -0.469 e. The first kappa shape index (κ1) is 14.1. The van der Waals surface area contributed by atoms with E-state index in [1.165, 1.54) is 7.11 Å². The van der Waals surface area contributed by atoms with Crippen LogP contribution in [0.5, 0.6) is 0 Å². The molecule has 1 aromatic rings. The minimum atomic E-state index is -0.338. The van der Waals surface area contributed by atoms with Crippen LogP contribution < -0.4 is 0 Å². The SMILES string of the molecule is COC(=O)C1CC(=O)N(C(C)c2ccc(Br)cc2)C1. The number of carbonyl (C=O) groups excluding carboxylic acids is 2. The largest absolute Gasteiger partial charge is 0.469 e. The molecule has 1 aliphatic rings. The van der Waals surface area contributed by atoms with Gasteiger partial charge in [0, 0.05) is 17.4 Å². The summed E-state index contributed by atoms with van der Waals surface area (Å²) in [6, 6.07) is 7.82. The second-order valence-corrected chi connectivity index (χ2v) is 5.61. The predicted molar refractivity (Wildman–Crippen MR) is 74.4 cm³/mol. The van der Waals surface area contributed by atoms with E-state index in [9.17, 15) is 9.59 Å². The topological polar surface area (TPSA) is 46.6 Å². The number of carbonyl (C=O) groups is 2. The summed E-state index contributed by atoms with van der Waals surface area (Å²) in [5.74, 6) is -0.639. The molecule has 0 radical (unpaired) electrons. The Morgan fingerprint density at radius 3 is 2.63 bits per heavy atom. The lowest BCUT2D eigenvalue weighted by atomic mass is 10.1. The molecule has 0 spiro atoms. The van der Waals surface area contributed by atoms with E-state index >= 15 is 0 Å². The average Bonchev–Trinajstić information content (AvgIpc) is 2.80. The van der Waals surface area contributed by atoms with Crippen LogP contribution in [0.3, 0.4) is 0 Å². The number of methoxy groups -OCH3 is 1. The van der Waals surface area contributed by atoms with Crippen LogP contribution in [-0.4, -0.2) is 30.4 Å². The third kappa shape index (κ3) is 2.97. The molecule has 1 aromatic carbocycles. The van der Waals surface area contributed by atoms with Crippen molar-refractivity contribution in [1.29, 1.82) is 0 Å². The second-order valence-electron chi connectivity index (χ2n) is 4.70. The number of halogens is 1. The van der Waals surface area contributed by atoms with Crippen molar-refractivity contribution < 1.29 is 14.3 Å². The maximum atomic E-state index is 12.0. The molecule has 4 nitrogen and oxygen atoms in total. The molecule has 5 heteroatoms. The Morgan fingerprint density at radius 1 is 1.42 bits per heavy atom. The zero-order valence-electron chi connectivity index (χ0n) is 10.9. The lowest BCUT2D eigenvalue weighted by Gasteiger charge is -2.25. The molecule has 1 saturated heterocycles. The maximum Gasteiger partial charge on any atom is 0.310 e. The molecule has 1 amide bonds. The summed E-state index contributed by atoms with van der Waals surface area (Å²) < 4.78 is 5.71. The van der Waals surface area contributed by atoms with E-state index in [-0.39, 0.29) is 30.3 Å². The summed E-state index contributed by atoms with van der Waals surface area (Å²) in [7, 11) is 1.35. The lowest BCUT2D eigenvalue weighted by molar-refractivity contribution is -0.145. The Kier molecular flexibility index (Phi) is 4.24. The number of rotatable bonds is 3. The first-order valence-electron chi connectivity index (χ1n) is 6.15. The van der Waals surface area contributed by atoms with Crippen molar-refractivity contribution in [2.45, 2.75) is 19.4 Å². The van der Waals surface area contributed by atoms with Crippen LogP contribution in [0, 0.1) is 5.92 Å². The zero-order chi connectivity index (χ0) is 14.0. The molecular weight excluding hydrogens is 310 g/mol. The van der Waals surface area contributed by atoms with E-state index in [0.717, 1.165) is 10.0 Å². The van der Waals surface area contributed by atoms with Gasteiger partial charge in [-0.3, -0.25) is 9.59 Å². The second kappa shape index (κ2) is 5.74. The van der Waals surface area contributed by atoms with Crippen molar-refractivity contribution in [1.82, 2.24) is 4.90 Å². The number of amides is 1. The molecule has 1 heterocycles. The van der Waals surface area contributed by atoms with E-state index in [2.05, 4.69) is 15.9 Å². The highest BCUT2D eigenvalue weighted by Crippen LogP contribution is 2.29. The third-order valence-corrected chi connectivity index (χ3v) is 4.04. The number of hydrogen-bond acceptors (Lipinski definition) is 3. The van der Waals surface area contributed by atoms with E-state index < -0.39 is 0 Å². The van der Waals surface area contributed by atoms with Gasteiger partial charge in [0.15, 0.2) is 0 Å². The van der Waals surface area contributed by atoms with Gasteiger partial charge in [-0.25, -0.2) is 0 Å². The normalized spacial score (nSPS) is 20.5. The van der Waals surface area contributed by atoms with Gasteiger partial charge in [-0.15, -0.1) is 0 Å². The predicted octanol–water partition coefficient (Wildman–Crippen LogP) is 2.53. The Labute approximate surface area is 120 Å². The molecule has 0 aliphatic carbocycles. The van der Waals surface area contributed by atoms with Crippen LogP contribution in [0.15, 0.2) is 28.7 Å². The van der Waals surface area contributed by atoms with Crippen molar-refractivity contribution >= 4 is 27.8 Å². The Bertz CT molecular complexity index is 486. The third-order valence-electron chi connectivity index (χ3n) is 3.51. The Hall–Kier alpha value is -1.36. The quantitative estimate of drug-likeness (QED) is 0.802. The van der Waals surface area contributed by atoms with Crippen LogP contribution in [0.2, 0.25) is 0 Å². The molecule has 2 unspecified atom stereocenters. The van der Waals surface area contributed by atoms with Crippen molar-refractivity contribution in [3.8, 4) is 0 Å². The smallest absolute Gasteiger partial charge is 0.310 e. The summed E-state index contributed by atoms with van der Waals surface area (Å²) in [6.07, 6.45) is 0.244. The lowest BCUT2D eigenvalue weighted by Crippen LogP contribution is -2.29. The highest BCUT2D eigenvalue weighted by atomic mass is 79.9. The number of esters is 1. The van der Waals surface area contributed by atoms with E-state index in [1.807, 2.05) is 31.2 Å². The van der Waals surface area contributed by atoms with Crippen LogP contribution >= 0.6 is 15.9 Å². The van der Waals surface area contributed by atoms with Crippen LogP contribution in [0.25, 0.3) is 0 Å². The summed E-state index contributed by atoms with van der Waals surface area (Å²) in [4.78, 5) is 25.2. The molecule has 0 aromatic heterocycles. The molecule has 1 fully saturated rings. The monoisotopic (exact) mass is 325 g/mol. The Morgan fingerprint density at radius 2 is 2.05 bits per heavy atom. The highest BCUT2D eigenvalue weighted by Gasteiger charge is 2.37. The minimum absolute atomic E-state index is 0.00539. The molecular formula is C14H16BrNO3. The van der Waals surface area contributed by atoms with Crippen LogP contribution in [0.4, 0.5) is 0 Å². The van der Waals surface area contributed by atoms with Gasteiger partial charge in [-0.1, -0.05) is 28.1 Å². The summed E-state index contributed by atoms with van der Waals surface area (Å²) in [5.41, 5.74) is 1.06. The van der Waals surface area contributed by atoms with Crippen molar-refractivity contribution in [3.63, 3.8) is 0 Å². The molecule has 19 heavy (non-hydrogen) atoms. The van der Waals surface area contributed by atoms with Gasteiger partial charge in [0.2, 0.25) is 5.91 Å². The standard InChI is InChI=1S/C14H16BrNO3/c1-9(10-3-5-12(15)6-4-10)16-8-11(7-13(16)17)14(18)19-2/h3-6,9,11H,7-8H2,1-2H3. The van der Waals surface area contributed by atoms with E-state index in [1.54, 1.807) is 4.90 Å². The molecule has 2 rings (SSSR count).